The molecule has 4 aromatic rings. The second-order valence-electron chi connectivity index (χ2n) is 8.40. The molecule has 0 radical (unpaired) electrons. The molecule has 0 bridgehead atoms. The highest BCUT2D eigenvalue weighted by atomic mass is 32.1. The Morgan fingerprint density at radius 1 is 0.906 bits per heavy atom. The second kappa shape index (κ2) is 9.13. The molecule has 3 N–H and O–H groups in total. The van der Waals surface area contributed by atoms with Gasteiger partial charge in [0, 0.05) is 17.6 Å². The average Bonchev–Trinajstić information content (AvgIpc) is 3.18. The van der Waals surface area contributed by atoms with E-state index in [9.17, 15) is 4.79 Å². The molecule has 5 heteroatoms. The average molecular weight is 442 g/mol. The van der Waals surface area contributed by atoms with Crippen molar-refractivity contribution in [3.8, 4) is 0 Å². The van der Waals surface area contributed by atoms with Crippen LogP contribution in [0.1, 0.15) is 50.5 Å². The van der Waals surface area contributed by atoms with Gasteiger partial charge in [0.2, 0.25) is 0 Å². The number of pyridine rings is 1. The minimum atomic E-state index is -0.121. The van der Waals surface area contributed by atoms with E-state index in [0.29, 0.717) is 17.1 Å². The van der Waals surface area contributed by atoms with Gasteiger partial charge >= 0.3 is 0 Å². The molecule has 1 aliphatic carbocycles. The van der Waals surface area contributed by atoms with Gasteiger partial charge in [0.1, 0.15) is 9.71 Å². The molecule has 0 fully saturated rings. The third-order valence-electron chi connectivity index (χ3n) is 6.28. The van der Waals surface area contributed by atoms with Crippen molar-refractivity contribution in [2.45, 2.75) is 45.1 Å². The number of amides is 1. The van der Waals surface area contributed by atoms with Gasteiger partial charge in [-0.05, 0) is 60.8 Å². The number of nitrogens with two attached hydrogens (primary N) is 1. The number of fused-ring (bicyclic) bond motifs is 3. The molecular weight excluding hydrogens is 414 g/mol. The molecule has 32 heavy (non-hydrogen) atoms. The predicted octanol–water partition coefficient (Wildman–Crippen LogP) is 5.47. The minimum Gasteiger partial charge on any atom is -0.397 e. The zero-order chi connectivity index (χ0) is 21.9. The van der Waals surface area contributed by atoms with Gasteiger partial charge in [-0.3, -0.25) is 4.79 Å². The van der Waals surface area contributed by atoms with Gasteiger partial charge < -0.3 is 11.1 Å². The number of thiophene rings is 1. The number of nitrogen functional groups attached to an aromatic ring is 1. The van der Waals surface area contributed by atoms with Gasteiger partial charge in [0.25, 0.3) is 5.91 Å². The second-order valence-corrected chi connectivity index (χ2v) is 9.40. The van der Waals surface area contributed by atoms with Crippen molar-refractivity contribution < 1.29 is 4.79 Å². The van der Waals surface area contributed by atoms with E-state index in [-0.39, 0.29) is 5.91 Å². The van der Waals surface area contributed by atoms with E-state index in [0.717, 1.165) is 47.9 Å². The van der Waals surface area contributed by atoms with Gasteiger partial charge in [-0.15, -0.1) is 11.3 Å². The van der Waals surface area contributed by atoms with E-state index >= 15 is 0 Å². The van der Waals surface area contributed by atoms with Crippen molar-refractivity contribution in [1.82, 2.24) is 10.3 Å². The van der Waals surface area contributed by atoms with Crippen LogP contribution in [0.4, 0.5) is 5.69 Å². The summed E-state index contributed by atoms with van der Waals surface area (Å²) in [7, 11) is 0. The number of hydrogen-bond acceptors (Lipinski definition) is 4. The lowest BCUT2D eigenvalue weighted by molar-refractivity contribution is 0.0956. The van der Waals surface area contributed by atoms with Crippen LogP contribution in [-0.4, -0.2) is 10.9 Å². The fraction of sp³-hybridized carbons (Fsp3) is 0.259. The summed E-state index contributed by atoms with van der Waals surface area (Å²) in [5.74, 6) is -0.121. The number of anilines is 1. The zero-order valence-electron chi connectivity index (χ0n) is 18.1. The summed E-state index contributed by atoms with van der Waals surface area (Å²) in [6, 6.07) is 20.5. The molecule has 2 heterocycles. The van der Waals surface area contributed by atoms with Crippen LogP contribution in [0.25, 0.3) is 10.2 Å². The fourth-order valence-corrected chi connectivity index (χ4v) is 5.69. The predicted molar refractivity (Wildman–Crippen MR) is 132 cm³/mol. The van der Waals surface area contributed by atoms with Crippen molar-refractivity contribution in [3.05, 3.63) is 93.5 Å². The highest BCUT2D eigenvalue weighted by Gasteiger charge is 2.25. The number of nitrogens with zero attached hydrogens (tertiary/aromatic N) is 1. The number of aromatic nitrogens is 1. The highest BCUT2D eigenvalue weighted by Crippen LogP contribution is 2.40. The molecule has 2 aromatic carbocycles. The molecule has 1 amide bonds. The number of aryl methyl sites for hydroxylation is 3. The first-order valence-electron chi connectivity index (χ1n) is 11.3. The quantitative estimate of drug-likeness (QED) is 0.417. The molecule has 162 valence electrons. The summed E-state index contributed by atoms with van der Waals surface area (Å²) >= 11 is 1.43. The lowest BCUT2D eigenvalue weighted by Crippen LogP contribution is -2.22. The van der Waals surface area contributed by atoms with Gasteiger partial charge in [0.15, 0.2) is 0 Å². The van der Waals surface area contributed by atoms with Crippen LogP contribution >= 0.6 is 11.3 Å². The molecule has 0 aliphatic heterocycles. The largest absolute Gasteiger partial charge is 0.397 e. The number of nitrogens with one attached hydrogen (secondary N) is 1. The monoisotopic (exact) mass is 441 g/mol. The first-order chi connectivity index (χ1) is 15.7. The third-order valence-corrected chi connectivity index (χ3v) is 7.37. The molecule has 2 aromatic heterocycles. The van der Waals surface area contributed by atoms with E-state index in [4.69, 9.17) is 10.7 Å². The Morgan fingerprint density at radius 3 is 2.28 bits per heavy atom. The minimum absolute atomic E-state index is 0.121. The van der Waals surface area contributed by atoms with Crippen LogP contribution in [0, 0.1) is 0 Å². The van der Waals surface area contributed by atoms with Crippen LogP contribution < -0.4 is 11.1 Å². The normalized spacial score (nSPS) is 13.1. The Bertz CT molecular complexity index is 1250. The van der Waals surface area contributed by atoms with Gasteiger partial charge in [-0.1, -0.05) is 60.7 Å². The number of carbonyl (C=O) groups is 1. The van der Waals surface area contributed by atoms with Crippen molar-refractivity contribution in [2.24, 2.45) is 0 Å². The number of benzene rings is 2. The first-order valence-corrected chi connectivity index (χ1v) is 12.1. The van der Waals surface area contributed by atoms with Crippen molar-refractivity contribution in [3.63, 3.8) is 0 Å². The highest BCUT2D eigenvalue weighted by molar-refractivity contribution is 7.21. The SMILES string of the molecule is Nc1c(C(=O)NCc2ccccc2)sc2nc(CCc3ccccc3)c3c(c12)CCCC3. The van der Waals surface area contributed by atoms with Crippen LogP contribution in [0.5, 0.6) is 0 Å². The summed E-state index contributed by atoms with van der Waals surface area (Å²) in [6.07, 6.45) is 6.29. The Hall–Kier alpha value is -3.18. The van der Waals surface area contributed by atoms with Gasteiger partial charge in [0.05, 0.1) is 5.69 Å². The van der Waals surface area contributed by atoms with Crippen LogP contribution in [0.3, 0.4) is 0 Å². The van der Waals surface area contributed by atoms with Crippen LogP contribution in [-0.2, 0) is 32.2 Å². The Labute approximate surface area is 192 Å². The molecule has 0 saturated carbocycles. The molecular formula is C27H27N3OS. The van der Waals surface area contributed by atoms with E-state index in [1.807, 2.05) is 30.3 Å². The molecule has 0 saturated heterocycles. The zero-order valence-corrected chi connectivity index (χ0v) is 18.9. The molecule has 0 unspecified atom stereocenters. The fourth-order valence-electron chi connectivity index (χ4n) is 4.63. The molecule has 4 nitrogen and oxygen atoms in total. The van der Waals surface area contributed by atoms with Gasteiger partial charge in [-0.25, -0.2) is 4.98 Å². The number of rotatable bonds is 6. The molecule has 0 spiro atoms. The maximum atomic E-state index is 13.0. The van der Waals surface area contributed by atoms with Crippen LogP contribution in [0.2, 0.25) is 0 Å². The topological polar surface area (TPSA) is 68.0 Å². The standard InChI is InChI=1S/C27H27N3OS/c28-24-23-21-14-8-7-13-20(21)22(16-15-18-9-3-1-4-10-18)30-27(23)32-25(24)26(31)29-17-19-11-5-2-6-12-19/h1-6,9-12H,7-8,13-17,28H2,(H,29,31). The first kappa shape index (κ1) is 20.7. The van der Waals surface area contributed by atoms with Crippen molar-refractivity contribution >= 4 is 33.1 Å². The van der Waals surface area contributed by atoms with Crippen molar-refractivity contribution in [1.29, 1.82) is 0 Å². The number of hydrogen-bond donors (Lipinski definition) is 2. The van der Waals surface area contributed by atoms with E-state index in [1.54, 1.807) is 0 Å². The molecule has 5 rings (SSSR count). The summed E-state index contributed by atoms with van der Waals surface area (Å²) in [5.41, 5.74) is 13.4. The Kier molecular flexibility index (Phi) is 5.91. The van der Waals surface area contributed by atoms with E-state index in [1.165, 1.54) is 40.1 Å². The summed E-state index contributed by atoms with van der Waals surface area (Å²) in [6.45, 7) is 0.487. The Morgan fingerprint density at radius 2 is 1.56 bits per heavy atom. The molecule has 0 atom stereocenters. The Balaban J connectivity index is 1.46. The van der Waals surface area contributed by atoms with Crippen LogP contribution in [0.15, 0.2) is 60.7 Å². The van der Waals surface area contributed by atoms with Crippen molar-refractivity contribution in [2.75, 3.05) is 5.73 Å². The molecule has 1 aliphatic rings. The summed E-state index contributed by atoms with van der Waals surface area (Å²) < 4.78 is 0. The smallest absolute Gasteiger partial charge is 0.263 e. The summed E-state index contributed by atoms with van der Waals surface area (Å²) in [5, 5.41) is 4.03. The van der Waals surface area contributed by atoms with E-state index in [2.05, 4.69) is 35.6 Å². The maximum Gasteiger partial charge on any atom is 0.263 e. The van der Waals surface area contributed by atoms with E-state index < -0.39 is 0 Å². The summed E-state index contributed by atoms with van der Waals surface area (Å²) in [4.78, 5) is 19.5. The number of carbonyl (C=O) groups excluding carboxylic acids is 1. The maximum absolute atomic E-state index is 13.0. The lowest BCUT2D eigenvalue weighted by atomic mass is 9.87. The third kappa shape index (κ3) is 4.13. The lowest BCUT2D eigenvalue weighted by Gasteiger charge is -2.20. The van der Waals surface area contributed by atoms with Gasteiger partial charge in [-0.2, -0.15) is 0 Å².